The zero-order chi connectivity index (χ0) is 12.6. The number of sulfonamides is 1. The van der Waals surface area contributed by atoms with Crippen molar-refractivity contribution in [2.75, 3.05) is 6.54 Å². The molecule has 0 bridgehead atoms. The van der Waals surface area contributed by atoms with E-state index in [0.29, 0.717) is 17.4 Å². The van der Waals surface area contributed by atoms with E-state index in [4.69, 9.17) is 0 Å². The van der Waals surface area contributed by atoms with Crippen LogP contribution in [0.3, 0.4) is 0 Å². The van der Waals surface area contributed by atoms with Gasteiger partial charge in [0, 0.05) is 16.2 Å². The number of hydrogen-bond acceptors (Lipinski definition) is 3. The summed E-state index contributed by atoms with van der Waals surface area (Å²) in [6, 6.07) is 1.66. The van der Waals surface area contributed by atoms with Gasteiger partial charge in [-0.3, -0.25) is 0 Å². The van der Waals surface area contributed by atoms with Gasteiger partial charge in [0.25, 0.3) is 0 Å². The van der Waals surface area contributed by atoms with Crippen molar-refractivity contribution < 1.29 is 8.42 Å². The van der Waals surface area contributed by atoms with Crippen LogP contribution in [0.25, 0.3) is 0 Å². The maximum Gasteiger partial charge on any atom is 0.241 e. The highest BCUT2D eigenvalue weighted by Gasteiger charge is 2.30. The fourth-order valence-corrected chi connectivity index (χ4v) is 5.97. The highest BCUT2D eigenvalue weighted by Crippen LogP contribution is 2.36. The van der Waals surface area contributed by atoms with Crippen molar-refractivity contribution in [2.24, 2.45) is 5.92 Å². The monoisotopic (exact) mass is 401 g/mol. The molecule has 1 unspecified atom stereocenters. The molecule has 1 aromatic heterocycles. The van der Waals surface area contributed by atoms with Crippen LogP contribution in [-0.4, -0.2) is 19.8 Å². The van der Waals surface area contributed by atoms with E-state index in [0.717, 1.165) is 8.66 Å². The molecular weight excluding hydrogens is 390 g/mol. The number of hydrogen-bond donors (Lipinski definition) is 1. The second-order valence-electron chi connectivity index (χ2n) is 4.18. The zero-order valence-electron chi connectivity index (χ0n) is 9.24. The highest BCUT2D eigenvalue weighted by atomic mass is 79.9. The molecule has 1 N–H and O–H groups in total. The third-order valence-electron chi connectivity index (χ3n) is 2.73. The summed E-state index contributed by atoms with van der Waals surface area (Å²) < 4.78 is 27.6. The molecular formula is C10H13Br2NO2S2. The average Bonchev–Trinajstić information content (AvgIpc) is 3.01. The van der Waals surface area contributed by atoms with Crippen LogP contribution in [0, 0.1) is 12.8 Å². The molecule has 0 aliphatic heterocycles. The zero-order valence-corrected chi connectivity index (χ0v) is 14.0. The maximum atomic E-state index is 12.1. The Morgan fingerprint density at radius 2 is 2.24 bits per heavy atom. The number of nitrogens with one attached hydrogen (secondary N) is 1. The first-order chi connectivity index (χ1) is 7.90. The molecule has 3 nitrogen and oxygen atoms in total. The lowest BCUT2D eigenvalue weighted by atomic mass is 10.3. The average molecular weight is 403 g/mol. The van der Waals surface area contributed by atoms with E-state index in [9.17, 15) is 8.42 Å². The Morgan fingerprint density at radius 1 is 1.59 bits per heavy atom. The molecule has 2 rings (SSSR count). The van der Waals surface area contributed by atoms with Crippen molar-refractivity contribution in [3.63, 3.8) is 0 Å². The lowest BCUT2D eigenvalue weighted by Crippen LogP contribution is -2.30. The molecule has 17 heavy (non-hydrogen) atoms. The van der Waals surface area contributed by atoms with Crippen molar-refractivity contribution >= 4 is 53.2 Å². The van der Waals surface area contributed by atoms with Crippen LogP contribution in [0.5, 0.6) is 0 Å². The molecule has 0 saturated heterocycles. The lowest BCUT2D eigenvalue weighted by Gasteiger charge is -2.10. The minimum Gasteiger partial charge on any atom is -0.210 e. The first-order valence-corrected chi connectivity index (χ1v) is 9.30. The molecule has 1 aromatic rings. The number of alkyl halides is 1. The summed E-state index contributed by atoms with van der Waals surface area (Å²) in [6.45, 7) is 2.27. The van der Waals surface area contributed by atoms with Crippen molar-refractivity contribution in [1.82, 2.24) is 4.72 Å². The predicted octanol–water partition coefficient (Wildman–Crippen LogP) is 3.27. The normalized spacial score (nSPS) is 18.3. The summed E-state index contributed by atoms with van der Waals surface area (Å²) >= 11 is 8.26. The van der Waals surface area contributed by atoms with E-state index in [1.807, 2.05) is 6.92 Å². The van der Waals surface area contributed by atoms with E-state index >= 15 is 0 Å². The standard InChI is InChI=1S/C10H13Br2NO2S2/c1-6-9(4-10(12)16-6)17(14,15)13-5-8(11)7-2-3-7/h4,7-8,13H,2-3,5H2,1H3. The van der Waals surface area contributed by atoms with Crippen molar-refractivity contribution in [1.29, 1.82) is 0 Å². The Bertz CT molecular complexity index is 508. The van der Waals surface area contributed by atoms with Gasteiger partial charge in [-0.15, -0.1) is 11.3 Å². The molecule has 0 amide bonds. The van der Waals surface area contributed by atoms with Gasteiger partial charge in [0.15, 0.2) is 0 Å². The van der Waals surface area contributed by atoms with Crippen LogP contribution in [0.15, 0.2) is 14.7 Å². The smallest absolute Gasteiger partial charge is 0.210 e. The quantitative estimate of drug-likeness (QED) is 0.768. The predicted molar refractivity (Wildman–Crippen MR) is 77.4 cm³/mol. The van der Waals surface area contributed by atoms with Crippen LogP contribution in [0.2, 0.25) is 0 Å². The lowest BCUT2D eigenvalue weighted by molar-refractivity contribution is 0.577. The fourth-order valence-electron chi connectivity index (χ4n) is 1.59. The van der Waals surface area contributed by atoms with Crippen molar-refractivity contribution in [2.45, 2.75) is 29.5 Å². The van der Waals surface area contributed by atoms with Gasteiger partial charge < -0.3 is 0 Å². The first kappa shape index (κ1) is 14.0. The molecule has 0 spiro atoms. The summed E-state index contributed by atoms with van der Waals surface area (Å²) in [5.41, 5.74) is 0. The molecule has 1 aliphatic rings. The molecule has 1 fully saturated rings. The van der Waals surface area contributed by atoms with Crippen LogP contribution in [0.4, 0.5) is 0 Å². The third-order valence-corrected chi connectivity index (χ3v) is 7.04. The van der Waals surface area contributed by atoms with Gasteiger partial charge in [-0.05, 0) is 47.7 Å². The van der Waals surface area contributed by atoms with Gasteiger partial charge in [-0.1, -0.05) is 15.9 Å². The Hall–Kier alpha value is 0.570. The number of halogens is 2. The summed E-state index contributed by atoms with van der Waals surface area (Å²) in [7, 11) is -3.37. The van der Waals surface area contributed by atoms with Crippen molar-refractivity contribution in [3.05, 3.63) is 14.7 Å². The second-order valence-corrected chi connectivity index (χ2v) is 9.72. The Kier molecular flexibility index (Phi) is 4.35. The molecule has 96 valence electrons. The summed E-state index contributed by atoms with van der Waals surface area (Å²) in [5.74, 6) is 0.632. The Balaban J connectivity index is 2.05. The summed E-state index contributed by atoms with van der Waals surface area (Å²) in [5, 5.41) is 0. The van der Waals surface area contributed by atoms with Crippen molar-refractivity contribution in [3.8, 4) is 0 Å². The van der Waals surface area contributed by atoms with Crippen LogP contribution in [-0.2, 0) is 10.0 Å². The van der Waals surface area contributed by atoms with Gasteiger partial charge in [0.2, 0.25) is 10.0 Å². The van der Waals surface area contributed by atoms with Crippen LogP contribution >= 0.6 is 43.2 Å². The summed E-state index contributed by atoms with van der Waals surface area (Å²) in [4.78, 5) is 1.44. The molecule has 0 radical (unpaired) electrons. The van der Waals surface area contributed by atoms with Crippen LogP contribution < -0.4 is 4.72 Å². The Labute approximate surface area is 122 Å². The second kappa shape index (κ2) is 5.28. The largest absolute Gasteiger partial charge is 0.241 e. The van der Waals surface area contributed by atoms with Gasteiger partial charge in [0.05, 0.1) is 8.68 Å². The molecule has 1 atom stereocenters. The van der Waals surface area contributed by atoms with E-state index in [2.05, 4.69) is 36.6 Å². The molecule has 0 aromatic carbocycles. The number of thiophene rings is 1. The molecule has 1 aliphatic carbocycles. The molecule has 7 heteroatoms. The van der Waals surface area contributed by atoms with E-state index < -0.39 is 10.0 Å². The Morgan fingerprint density at radius 3 is 2.71 bits per heavy atom. The van der Waals surface area contributed by atoms with Gasteiger partial charge in [0.1, 0.15) is 0 Å². The van der Waals surface area contributed by atoms with Gasteiger partial charge in [-0.2, -0.15) is 0 Å². The van der Waals surface area contributed by atoms with E-state index in [1.165, 1.54) is 24.2 Å². The van der Waals surface area contributed by atoms with Gasteiger partial charge >= 0.3 is 0 Å². The first-order valence-electron chi connectivity index (χ1n) is 5.30. The van der Waals surface area contributed by atoms with E-state index in [1.54, 1.807) is 6.07 Å². The SMILES string of the molecule is Cc1sc(Br)cc1S(=O)(=O)NCC(Br)C1CC1. The topological polar surface area (TPSA) is 46.2 Å². The minimum atomic E-state index is -3.37. The third kappa shape index (κ3) is 3.53. The number of rotatable bonds is 5. The van der Waals surface area contributed by atoms with Crippen LogP contribution in [0.1, 0.15) is 17.7 Å². The number of aryl methyl sites for hydroxylation is 1. The highest BCUT2D eigenvalue weighted by molar-refractivity contribution is 9.11. The minimum absolute atomic E-state index is 0.250. The molecule has 1 heterocycles. The fraction of sp³-hybridized carbons (Fsp3) is 0.600. The summed E-state index contributed by atoms with van der Waals surface area (Å²) in [6.07, 6.45) is 2.39. The maximum absolute atomic E-state index is 12.1. The van der Waals surface area contributed by atoms with E-state index in [-0.39, 0.29) is 4.83 Å². The molecule has 1 saturated carbocycles. The van der Waals surface area contributed by atoms with Gasteiger partial charge in [-0.25, -0.2) is 13.1 Å².